The van der Waals surface area contributed by atoms with E-state index in [-0.39, 0.29) is 50.1 Å². The van der Waals surface area contributed by atoms with Gasteiger partial charge in [-0.3, -0.25) is 43.8 Å². The third-order valence-corrected chi connectivity index (χ3v) is 12.1. The van der Waals surface area contributed by atoms with Crippen molar-refractivity contribution >= 4 is 57.8 Å². The normalized spacial score (nSPS) is 18.2. The average Bonchev–Trinajstić information content (AvgIpc) is 3.96. The van der Waals surface area contributed by atoms with Gasteiger partial charge in [-0.15, -0.1) is 0 Å². The van der Waals surface area contributed by atoms with Crippen molar-refractivity contribution in [2.24, 2.45) is 0 Å². The fourth-order valence-corrected chi connectivity index (χ4v) is 8.54. The van der Waals surface area contributed by atoms with E-state index in [0.29, 0.717) is 105 Å². The smallest absolute Gasteiger partial charge is 0.268 e. The van der Waals surface area contributed by atoms with Gasteiger partial charge in [0, 0.05) is 68.2 Å². The molecule has 3 aliphatic rings. The molecule has 2 saturated heterocycles. The Kier molecular flexibility index (Phi) is 16.9. The Bertz CT molecular complexity index is 2510. The highest BCUT2D eigenvalue weighted by molar-refractivity contribution is 6.24. The Labute approximate surface area is 390 Å². The Morgan fingerprint density at radius 2 is 1.46 bits per heavy atom. The molecule has 2 fully saturated rings. The Morgan fingerprint density at radius 1 is 0.779 bits per heavy atom. The second-order valence-corrected chi connectivity index (χ2v) is 16.9. The first-order chi connectivity index (χ1) is 32.8. The summed E-state index contributed by atoms with van der Waals surface area (Å²) < 4.78 is 49.5. The number of amides is 6. The number of rotatable bonds is 26. The van der Waals surface area contributed by atoms with Crippen molar-refractivity contribution in [3.8, 4) is 0 Å². The summed E-state index contributed by atoms with van der Waals surface area (Å²) in [7, 11) is 0. The number of aryl methyl sites for hydroxylation is 1. The third-order valence-electron chi connectivity index (χ3n) is 12.1. The van der Waals surface area contributed by atoms with Gasteiger partial charge in [-0.05, 0) is 85.7 Å². The van der Waals surface area contributed by atoms with Crippen LogP contribution in [0.5, 0.6) is 0 Å². The summed E-state index contributed by atoms with van der Waals surface area (Å²) in [6.45, 7) is 3.16. The van der Waals surface area contributed by atoms with Crippen LogP contribution in [0.3, 0.4) is 0 Å². The van der Waals surface area contributed by atoms with E-state index in [1.54, 1.807) is 36.4 Å². The van der Waals surface area contributed by atoms with Crippen LogP contribution in [0.2, 0.25) is 0 Å². The molecule has 19 heteroatoms. The molecule has 7 rings (SSSR count). The van der Waals surface area contributed by atoms with Gasteiger partial charge in [0.1, 0.15) is 17.7 Å². The number of hydrogen-bond acceptors (Lipinski definition) is 12. The van der Waals surface area contributed by atoms with Crippen molar-refractivity contribution in [1.29, 1.82) is 0 Å². The highest BCUT2D eigenvalue weighted by atomic mass is 19.1. The van der Waals surface area contributed by atoms with Gasteiger partial charge in [0.25, 0.3) is 23.6 Å². The van der Waals surface area contributed by atoms with E-state index >= 15 is 0 Å². The van der Waals surface area contributed by atoms with E-state index in [2.05, 4.69) is 15.6 Å². The van der Waals surface area contributed by atoms with Crippen molar-refractivity contribution in [1.82, 2.24) is 20.5 Å². The van der Waals surface area contributed by atoms with E-state index in [1.807, 2.05) is 6.07 Å². The molecule has 0 spiro atoms. The number of piperidine rings is 1. The summed E-state index contributed by atoms with van der Waals surface area (Å²) in [5.41, 5.74) is 0.707. The maximum absolute atomic E-state index is 13.5. The van der Waals surface area contributed by atoms with Crippen LogP contribution in [-0.4, -0.2) is 127 Å². The molecule has 3 aliphatic heterocycles. The molecule has 17 nitrogen and oxygen atoms in total. The topological polar surface area (TPSA) is 223 Å². The first kappa shape index (κ1) is 49.6. The van der Waals surface area contributed by atoms with Gasteiger partial charge < -0.3 is 39.3 Å². The number of halogens is 2. The van der Waals surface area contributed by atoms with E-state index in [1.165, 1.54) is 4.90 Å². The zero-order valence-electron chi connectivity index (χ0n) is 37.6. The van der Waals surface area contributed by atoms with Crippen LogP contribution >= 0.6 is 0 Å². The quantitative estimate of drug-likeness (QED) is 0.0297. The Hall–Kier alpha value is -6.25. The zero-order chi connectivity index (χ0) is 48.2. The first-order valence-electron chi connectivity index (χ1n) is 22.9. The van der Waals surface area contributed by atoms with Crippen molar-refractivity contribution in [3.05, 3.63) is 100 Å². The number of carbonyl (C=O) groups is 7. The number of imide groups is 2. The number of benzene rings is 3. The molecule has 2 unspecified atom stereocenters. The van der Waals surface area contributed by atoms with Crippen LogP contribution in [0.1, 0.15) is 100 Å². The van der Waals surface area contributed by atoms with Crippen molar-refractivity contribution < 1.29 is 66.4 Å². The largest absolute Gasteiger partial charge is 0.379 e. The van der Waals surface area contributed by atoms with E-state index in [0.717, 1.165) is 48.3 Å². The monoisotopic (exact) mass is 943 g/mol. The highest BCUT2D eigenvalue weighted by Gasteiger charge is 2.52. The lowest BCUT2D eigenvalue weighted by atomic mass is 9.98. The van der Waals surface area contributed by atoms with E-state index in [4.69, 9.17) is 18.9 Å². The first-order valence-corrected chi connectivity index (χ1v) is 22.9. The standard InChI is InChI=1S/C49H55F2N5O12/c50-34-25-31(26-35(51)29-34)30-52-47(62)49(64)15-16-55(48(49)63)36-11-12-38-33(27-36)28-39(53-38)41(57)10-6-18-66-20-22-68-24-23-67-21-19-65-17-4-2-1-3-7-32-8-5-9-37-43(32)46(61)56(45(37)60)40-13-14-42(58)54-44(40)59/h5,8-9,11-12,25-29,40,53,64H,1-4,6-7,10,13-24,30H2,(H,52,62)(H,54,58,59). The molecule has 4 N–H and O–H groups in total. The number of nitrogens with one attached hydrogen (secondary N) is 3. The van der Waals surface area contributed by atoms with Crippen molar-refractivity contribution in [3.63, 3.8) is 0 Å². The fraction of sp³-hybridized carbons (Fsp3) is 0.449. The lowest BCUT2D eigenvalue weighted by molar-refractivity contribution is -0.149. The van der Waals surface area contributed by atoms with Crippen molar-refractivity contribution in [2.75, 3.05) is 64.3 Å². The molecule has 1 aromatic heterocycles. The summed E-state index contributed by atoms with van der Waals surface area (Å²) in [6, 6.07) is 13.7. The molecule has 362 valence electrons. The molecule has 0 aliphatic carbocycles. The third kappa shape index (κ3) is 12.1. The maximum Gasteiger partial charge on any atom is 0.268 e. The van der Waals surface area contributed by atoms with Crippen LogP contribution < -0.4 is 15.5 Å². The number of ether oxygens (including phenoxy) is 4. The van der Waals surface area contributed by atoms with Gasteiger partial charge >= 0.3 is 0 Å². The Balaban J connectivity index is 0.683. The van der Waals surface area contributed by atoms with Gasteiger partial charge in [0.2, 0.25) is 17.4 Å². The van der Waals surface area contributed by atoms with Crippen LogP contribution in [0.4, 0.5) is 14.5 Å². The number of ketones is 1. The number of nitrogens with zero attached hydrogens (tertiary/aromatic N) is 2. The van der Waals surface area contributed by atoms with Gasteiger partial charge in [-0.25, -0.2) is 8.78 Å². The number of hydrogen-bond donors (Lipinski definition) is 4. The number of fused-ring (bicyclic) bond motifs is 2. The number of Topliss-reactive ketones (excluding diaryl/α,β-unsaturated/α-hetero) is 1. The van der Waals surface area contributed by atoms with Crippen molar-refractivity contribution in [2.45, 2.75) is 82.4 Å². The van der Waals surface area contributed by atoms with Crippen LogP contribution in [0, 0.1) is 11.6 Å². The number of anilines is 1. The minimum Gasteiger partial charge on any atom is -0.379 e. The molecule has 3 aromatic carbocycles. The molecule has 2 atom stereocenters. The van der Waals surface area contributed by atoms with Crippen LogP contribution in [-0.2, 0) is 51.1 Å². The SMILES string of the molecule is O=C1CCC(N2C(=O)c3cccc(CCCCCCOCCOCCOCCOCCCC(=O)c4cc5cc(N6CCC(O)(C(=O)NCc7cc(F)cc(F)c7)C6=O)ccc5[nH]4)c3C2=O)C(=O)N1. The summed E-state index contributed by atoms with van der Waals surface area (Å²) >= 11 is 0. The number of aromatic amines is 1. The summed E-state index contributed by atoms with van der Waals surface area (Å²) in [5, 5.41) is 16.3. The zero-order valence-corrected chi connectivity index (χ0v) is 37.6. The summed E-state index contributed by atoms with van der Waals surface area (Å²) in [4.78, 5) is 94.7. The molecule has 4 heterocycles. The summed E-state index contributed by atoms with van der Waals surface area (Å²) in [6.07, 6.45) is 4.91. The second kappa shape index (κ2) is 23.2. The maximum atomic E-state index is 13.5. The number of aromatic nitrogens is 1. The number of aliphatic hydroxyl groups is 1. The molecule has 4 aromatic rings. The number of carbonyl (C=O) groups excluding carboxylic acids is 7. The predicted octanol–water partition coefficient (Wildman–Crippen LogP) is 4.46. The molecule has 0 bridgehead atoms. The Morgan fingerprint density at radius 3 is 2.16 bits per heavy atom. The summed E-state index contributed by atoms with van der Waals surface area (Å²) in [5.74, 6) is -5.56. The average molecular weight is 944 g/mol. The number of H-pyrrole nitrogens is 1. The minimum atomic E-state index is -2.35. The fourth-order valence-electron chi connectivity index (χ4n) is 8.54. The van der Waals surface area contributed by atoms with Crippen LogP contribution in [0.15, 0.2) is 60.7 Å². The predicted molar refractivity (Wildman–Crippen MR) is 241 cm³/mol. The highest BCUT2D eigenvalue weighted by Crippen LogP contribution is 2.33. The molecule has 0 radical (unpaired) electrons. The lowest BCUT2D eigenvalue weighted by Crippen LogP contribution is -2.54. The van der Waals surface area contributed by atoms with Gasteiger partial charge in [0.05, 0.1) is 56.5 Å². The van der Waals surface area contributed by atoms with E-state index < -0.39 is 58.7 Å². The van der Waals surface area contributed by atoms with Gasteiger partial charge in [-0.2, -0.15) is 0 Å². The lowest BCUT2D eigenvalue weighted by Gasteiger charge is -2.27. The van der Waals surface area contributed by atoms with Gasteiger partial charge in [-0.1, -0.05) is 25.0 Å². The number of unbranched alkanes of at least 4 members (excludes halogenated alkanes) is 3. The molecular formula is C49H55F2N5O12. The molecule has 0 saturated carbocycles. The minimum absolute atomic E-state index is 0.0525. The molecule has 68 heavy (non-hydrogen) atoms. The van der Waals surface area contributed by atoms with Gasteiger partial charge in [0.15, 0.2) is 5.78 Å². The molecular weight excluding hydrogens is 889 g/mol. The van der Waals surface area contributed by atoms with E-state index in [9.17, 15) is 47.4 Å². The second-order valence-electron chi connectivity index (χ2n) is 16.9. The molecule has 6 amide bonds. The van der Waals surface area contributed by atoms with Crippen LogP contribution in [0.25, 0.3) is 10.9 Å².